The van der Waals surface area contributed by atoms with E-state index in [0.717, 1.165) is 5.56 Å². The number of nitrogens with one attached hydrogen (secondary N) is 1. The van der Waals surface area contributed by atoms with Crippen LogP contribution in [0.15, 0.2) is 29.4 Å². The molecule has 68 valence electrons. The number of hydrogen-bond donors (Lipinski definition) is 2. The Kier molecular flexibility index (Phi) is 2.04. The van der Waals surface area contributed by atoms with Gasteiger partial charge in [-0.15, -0.1) is 0 Å². The molecule has 1 aliphatic heterocycles. The van der Waals surface area contributed by atoms with Gasteiger partial charge in [-0.25, -0.2) is 0 Å². The summed E-state index contributed by atoms with van der Waals surface area (Å²) in [5.41, 5.74) is 0.892. The Bertz CT molecular complexity index is 324. The maximum atomic E-state index is 9.47. The van der Waals surface area contributed by atoms with E-state index in [1.54, 1.807) is 12.4 Å². The van der Waals surface area contributed by atoms with Crippen molar-refractivity contribution in [1.82, 2.24) is 10.3 Å². The van der Waals surface area contributed by atoms with E-state index in [1.165, 1.54) is 0 Å². The molecule has 0 unspecified atom stereocenters. The number of hydrazone groups is 1. The van der Waals surface area contributed by atoms with Gasteiger partial charge in [0, 0.05) is 5.56 Å². The van der Waals surface area contributed by atoms with Crippen molar-refractivity contribution in [2.75, 3.05) is 6.67 Å². The molecule has 1 aliphatic rings. The average Bonchev–Trinajstić information content (AvgIpc) is 2.61. The number of para-hydroxylation sites is 1. The van der Waals surface area contributed by atoms with Crippen molar-refractivity contribution in [3.63, 3.8) is 0 Å². The molecule has 1 heterocycles. The second-order valence-corrected chi connectivity index (χ2v) is 2.90. The molecular weight excluding hydrogens is 166 g/mol. The fourth-order valence-corrected chi connectivity index (χ4v) is 1.25. The van der Waals surface area contributed by atoms with E-state index in [2.05, 4.69) is 10.4 Å². The molecule has 0 saturated heterocycles. The molecule has 0 saturated carbocycles. The molecule has 0 bridgehead atoms. The summed E-state index contributed by atoms with van der Waals surface area (Å²) in [6, 6.07) is 7.29. The van der Waals surface area contributed by atoms with Gasteiger partial charge in [-0.3, -0.25) is 5.01 Å². The molecule has 0 amide bonds. The van der Waals surface area contributed by atoms with Crippen molar-refractivity contribution in [3.05, 3.63) is 29.8 Å². The van der Waals surface area contributed by atoms with Crippen molar-refractivity contribution in [2.24, 2.45) is 5.10 Å². The van der Waals surface area contributed by atoms with Gasteiger partial charge in [-0.05, 0) is 6.07 Å². The van der Waals surface area contributed by atoms with Gasteiger partial charge in [0.25, 0.3) is 0 Å². The van der Waals surface area contributed by atoms with Crippen molar-refractivity contribution in [2.45, 2.75) is 6.54 Å². The highest BCUT2D eigenvalue weighted by atomic mass is 16.3. The van der Waals surface area contributed by atoms with E-state index in [1.807, 2.05) is 23.2 Å². The first kappa shape index (κ1) is 7.91. The Hall–Kier alpha value is -1.71. The van der Waals surface area contributed by atoms with E-state index in [-0.39, 0.29) is 0 Å². The number of aromatic hydroxyl groups is 1. The number of phenolic OH excluding ortho intramolecular Hbond substituents is 1. The number of nitrogens with zero attached hydrogens (tertiary/aromatic N) is 2. The molecular formula is C9H11N3O. The lowest BCUT2D eigenvalue weighted by Crippen LogP contribution is -2.20. The van der Waals surface area contributed by atoms with Gasteiger partial charge in [0.15, 0.2) is 0 Å². The zero-order valence-electron chi connectivity index (χ0n) is 7.14. The Morgan fingerprint density at radius 2 is 2.31 bits per heavy atom. The highest BCUT2D eigenvalue weighted by Gasteiger charge is 2.07. The van der Waals surface area contributed by atoms with Gasteiger partial charge in [0.1, 0.15) is 18.8 Å². The van der Waals surface area contributed by atoms with E-state index in [9.17, 15) is 5.11 Å². The molecule has 4 nitrogen and oxygen atoms in total. The van der Waals surface area contributed by atoms with Gasteiger partial charge < -0.3 is 10.4 Å². The molecule has 2 N–H and O–H groups in total. The summed E-state index contributed by atoms with van der Waals surface area (Å²) in [5, 5.41) is 18.3. The van der Waals surface area contributed by atoms with Crippen LogP contribution in [0.5, 0.6) is 5.75 Å². The van der Waals surface area contributed by atoms with Gasteiger partial charge in [-0.2, -0.15) is 5.10 Å². The van der Waals surface area contributed by atoms with E-state index >= 15 is 0 Å². The fraction of sp³-hybridized carbons (Fsp3) is 0.222. The Balaban J connectivity index is 2.09. The van der Waals surface area contributed by atoms with Crippen LogP contribution in [0, 0.1) is 0 Å². The summed E-state index contributed by atoms with van der Waals surface area (Å²) in [6.07, 6.45) is 1.65. The number of phenols is 1. The van der Waals surface area contributed by atoms with Crippen LogP contribution in [0.3, 0.4) is 0 Å². The summed E-state index contributed by atoms with van der Waals surface area (Å²) in [6.45, 7) is 1.34. The highest BCUT2D eigenvalue weighted by molar-refractivity contribution is 5.55. The topological polar surface area (TPSA) is 47.9 Å². The van der Waals surface area contributed by atoms with Crippen molar-refractivity contribution >= 4 is 6.34 Å². The van der Waals surface area contributed by atoms with Crippen LogP contribution in [0.25, 0.3) is 0 Å². The molecule has 0 spiro atoms. The second kappa shape index (κ2) is 3.35. The fourth-order valence-electron chi connectivity index (χ4n) is 1.25. The highest BCUT2D eigenvalue weighted by Crippen LogP contribution is 2.17. The quantitative estimate of drug-likeness (QED) is 0.699. The molecule has 0 atom stereocenters. The zero-order chi connectivity index (χ0) is 9.10. The predicted octanol–water partition coefficient (Wildman–Crippen LogP) is 0.698. The third-order valence-corrected chi connectivity index (χ3v) is 1.93. The lowest BCUT2D eigenvalue weighted by Gasteiger charge is -2.13. The maximum absolute atomic E-state index is 9.47. The standard InChI is InChI=1S/C9H11N3O/c13-9-4-2-1-3-8(9)5-12-7-10-6-11-12/h1-4,6,13H,5,7H2,(H,10,11). The molecule has 1 aromatic rings. The second-order valence-electron chi connectivity index (χ2n) is 2.90. The minimum absolute atomic E-state index is 0.324. The monoisotopic (exact) mass is 177 g/mol. The molecule has 1 aromatic carbocycles. The van der Waals surface area contributed by atoms with E-state index in [0.29, 0.717) is 19.0 Å². The van der Waals surface area contributed by atoms with E-state index < -0.39 is 0 Å². The predicted molar refractivity (Wildman–Crippen MR) is 50.1 cm³/mol. The molecule has 0 radical (unpaired) electrons. The van der Waals surface area contributed by atoms with Gasteiger partial charge in [-0.1, -0.05) is 18.2 Å². The van der Waals surface area contributed by atoms with Crippen molar-refractivity contribution in [1.29, 1.82) is 0 Å². The molecule has 13 heavy (non-hydrogen) atoms. The average molecular weight is 177 g/mol. The first-order valence-electron chi connectivity index (χ1n) is 4.14. The lowest BCUT2D eigenvalue weighted by atomic mass is 10.2. The summed E-state index contributed by atoms with van der Waals surface area (Å²) in [7, 11) is 0. The van der Waals surface area contributed by atoms with Crippen LogP contribution in [0.2, 0.25) is 0 Å². The molecule has 0 aliphatic carbocycles. The smallest absolute Gasteiger partial charge is 0.120 e. The van der Waals surface area contributed by atoms with Crippen LogP contribution >= 0.6 is 0 Å². The van der Waals surface area contributed by atoms with E-state index in [4.69, 9.17) is 0 Å². The Morgan fingerprint density at radius 3 is 3.00 bits per heavy atom. The molecule has 0 fully saturated rings. The summed E-state index contributed by atoms with van der Waals surface area (Å²) < 4.78 is 0. The first-order chi connectivity index (χ1) is 6.36. The van der Waals surface area contributed by atoms with Crippen LogP contribution in [0.4, 0.5) is 0 Å². The Morgan fingerprint density at radius 1 is 1.46 bits per heavy atom. The summed E-state index contributed by atoms with van der Waals surface area (Å²) in [5.74, 6) is 0.324. The third kappa shape index (κ3) is 1.72. The first-order valence-corrected chi connectivity index (χ1v) is 4.14. The summed E-state index contributed by atoms with van der Waals surface area (Å²) in [4.78, 5) is 0. The van der Waals surface area contributed by atoms with Gasteiger partial charge >= 0.3 is 0 Å². The minimum atomic E-state index is 0.324. The van der Waals surface area contributed by atoms with Crippen LogP contribution in [0.1, 0.15) is 5.56 Å². The third-order valence-electron chi connectivity index (χ3n) is 1.93. The van der Waals surface area contributed by atoms with Gasteiger partial charge in [0.05, 0.1) is 6.54 Å². The lowest BCUT2D eigenvalue weighted by molar-refractivity contribution is 0.295. The maximum Gasteiger partial charge on any atom is 0.120 e. The number of rotatable bonds is 2. The zero-order valence-corrected chi connectivity index (χ0v) is 7.14. The van der Waals surface area contributed by atoms with Crippen LogP contribution in [-0.2, 0) is 6.54 Å². The largest absolute Gasteiger partial charge is 0.508 e. The molecule has 4 heteroatoms. The van der Waals surface area contributed by atoms with Gasteiger partial charge in [0.2, 0.25) is 0 Å². The van der Waals surface area contributed by atoms with Crippen LogP contribution in [-0.4, -0.2) is 23.1 Å². The molecule has 2 rings (SSSR count). The van der Waals surface area contributed by atoms with Crippen molar-refractivity contribution in [3.8, 4) is 5.75 Å². The van der Waals surface area contributed by atoms with Crippen LogP contribution < -0.4 is 5.32 Å². The minimum Gasteiger partial charge on any atom is -0.508 e. The summed E-state index contributed by atoms with van der Waals surface area (Å²) >= 11 is 0. The normalized spacial score (nSPS) is 14.6. The number of benzene rings is 1. The Labute approximate surface area is 76.5 Å². The molecule has 0 aromatic heterocycles. The SMILES string of the molecule is Oc1ccccc1CN1CNC=N1. The number of hydrogen-bond acceptors (Lipinski definition) is 4. The van der Waals surface area contributed by atoms with Crippen molar-refractivity contribution < 1.29 is 5.11 Å².